The Morgan fingerprint density at radius 1 is 0.375 bits per heavy atom. The fourth-order valence-electron chi connectivity index (χ4n) is 3.76. The van der Waals surface area contributed by atoms with E-state index in [1.165, 1.54) is 32.1 Å². The summed E-state index contributed by atoms with van der Waals surface area (Å²) < 4.78 is 53.2. The molecular formula is C33H60O15. The van der Waals surface area contributed by atoms with Gasteiger partial charge in [0.25, 0.3) is 0 Å². The van der Waals surface area contributed by atoms with Crippen molar-refractivity contribution < 1.29 is 71.7 Å². The highest BCUT2D eigenvalue weighted by Gasteiger charge is 2.14. The highest BCUT2D eigenvalue weighted by atomic mass is 16.6. The molecule has 1 N–H and O–H groups in total. The summed E-state index contributed by atoms with van der Waals surface area (Å²) in [5, 5.41) is 8.44. The molecule has 0 fully saturated rings. The molecule has 0 saturated carbocycles. The minimum absolute atomic E-state index is 0.0119. The number of rotatable bonds is 39. The summed E-state index contributed by atoms with van der Waals surface area (Å²) in [6.45, 7) is 9.02. The minimum atomic E-state index is -1.56. The number of carboxylic acid groups (broad SMARTS) is 1. The van der Waals surface area contributed by atoms with Gasteiger partial charge < -0.3 is 52.5 Å². The largest absolute Gasteiger partial charge is 0.476 e. The van der Waals surface area contributed by atoms with E-state index in [0.29, 0.717) is 106 Å². The highest BCUT2D eigenvalue weighted by molar-refractivity contribution is 6.32. The van der Waals surface area contributed by atoms with Gasteiger partial charge in [0.2, 0.25) is 5.78 Å². The van der Waals surface area contributed by atoms with Gasteiger partial charge in [-0.2, -0.15) is 0 Å². The van der Waals surface area contributed by atoms with Gasteiger partial charge in [-0.25, -0.2) is 4.79 Å². The van der Waals surface area contributed by atoms with Crippen LogP contribution < -0.4 is 0 Å². The third-order valence-electron chi connectivity index (χ3n) is 6.36. The molecule has 0 spiro atoms. The highest BCUT2D eigenvalue weighted by Crippen LogP contribution is 2.08. The van der Waals surface area contributed by atoms with Crippen molar-refractivity contribution in [2.24, 2.45) is 0 Å². The van der Waals surface area contributed by atoms with Crippen molar-refractivity contribution in [1.29, 1.82) is 0 Å². The predicted molar refractivity (Wildman–Crippen MR) is 173 cm³/mol. The van der Waals surface area contributed by atoms with Crippen LogP contribution in [0.1, 0.15) is 71.1 Å². The van der Waals surface area contributed by atoms with Gasteiger partial charge in [-0.15, -0.1) is 0 Å². The van der Waals surface area contributed by atoms with Gasteiger partial charge in [0, 0.05) is 12.8 Å². The fraction of sp³-hybridized carbons (Fsp3) is 0.879. The second kappa shape index (κ2) is 37.6. The lowest BCUT2D eigenvalue weighted by atomic mass is 10.1. The summed E-state index contributed by atoms with van der Waals surface area (Å²) in [7, 11) is 0. The SMILES string of the molecule is CCCCCCCCCC(=O)OCCOCCOCCOCCOCCOCCOCCOCCOCCOC(=O)CCC(=O)C(=O)O. The van der Waals surface area contributed by atoms with Crippen molar-refractivity contribution in [3.05, 3.63) is 0 Å². The molecule has 0 aliphatic carbocycles. The van der Waals surface area contributed by atoms with E-state index in [4.69, 9.17) is 52.5 Å². The number of carbonyl (C=O) groups excluding carboxylic acids is 3. The lowest BCUT2D eigenvalue weighted by molar-refractivity contribution is -0.151. The van der Waals surface area contributed by atoms with Gasteiger partial charge in [-0.3, -0.25) is 14.4 Å². The lowest BCUT2D eigenvalue weighted by Crippen LogP contribution is -2.17. The Hall–Kier alpha value is -2.24. The van der Waals surface area contributed by atoms with E-state index >= 15 is 0 Å². The molecule has 0 bridgehead atoms. The van der Waals surface area contributed by atoms with E-state index in [-0.39, 0.29) is 38.6 Å². The number of Topliss-reactive ketones (excluding diaryl/α,β-unsaturated/α-hetero) is 1. The van der Waals surface area contributed by atoms with Crippen LogP contribution in [0.5, 0.6) is 0 Å². The first kappa shape index (κ1) is 45.8. The van der Waals surface area contributed by atoms with E-state index in [2.05, 4.69) is 6.92 Å². The van der Waals surface area contributed by atoms with Crippen LogP contribution in [-0.4, -0.2) is 148 Å². The summed E-state index contributed by atoms with van der Waals surface area (Å²) in [5.74, 6) is -3.40. The third-order valence-corrected chi connectivity index (χ3v) is 6.36. The van der Waals surface area contributed by atoms with Gasteiger partial charge in [-0.05, 0) is 6.42 Å². The zero-order valence-corrected chi connectivity index (χ0v) is 29.0. The predicted octanol–water partition coefficient (Wildman–Crippen LogP) is 2.78. The van der Waals surface area contributed by atoms with E-state index < -0.39 is 17.7 Å². The van der Waals surface area contributed by atoms with Crippen molar-refractivity contribution >= 4 is 23.7 Å². The number of hydrogen-bond acceptors (Lipinski definition) is 14. The molecular weight excluding hydrogens is 636 g/mol. The number of ether oxygens (including phenoxy) is 10. The summed E-state index contributed by atoms with van der Waals surface area (Å²) in [5.41, 5.74) is 0. The number of aliphatic carboxylic acids is 1. The van der Waals surface area contributed by atoms with Gasteiger partial charge in [-0.1, -0.05) is 45.4 Å². The summed E-state index contributed by atoms with van der Waals surface area (Å²) in [6, 6.07) is 0. The van der Waals surface area contributed by atoms with E-state index in [1.807, 2.05) is 0 Å². The standard InChI is InChI=1S/C33H60O15/c1-2-3-4-5-6-7-8-9-31(35)47-28-26-45-24-22-43-20-18-41-16-14-39-12-13-40-15-17-42-19-21-44-23-25-46-27-29-48-32(36)11-10-30(34)33(37)38/h2-29H2,1H3,(H,37,38). The summed E-state index contributed by atoms with van der Waals surface area (Å²) in [4.78, 5) is 44.3. The molecule has 0 atom stereocenters. The quantitative estimate of drug-likeness (QED) is 0.0563. The monoisotopic (exact) mass is 696 g/mol. The normalized spacial score (nSPS) is 11.1. The van der Waals surface area contributed by atoms with Crippen molar-refractivity contribution in [1.82, 2.24) is 0 Å². The molecule has 0 rings (SSSR count). The Labute approximate surface area is 285 Å². The Bertz CT molecular complexity index is 765. The zero-order valence-electron chi connectivity index (χ0n) is 29.0. The van der Waals surface area contributed by atoms with Crippen LogP contribution in [0, 0.1) is 0 Å². The average Bonchev–Trinajstić information content (AvgIpc) is 3.07. The van der Waals surface area contributed by atoms with Crippen molar-refractivity contribution in [3.8, 4) is 0 Å². The second-order valence-corrected chi connectivity index (χ2v) is 10.4. The molecule has 0 aromatic heterocycles. The van der Waals surface area contributed by atoms with Crippen LogP contribution in [-0.2, 0) is 66.5 Å². The molecule has 0 unspecified atom stereocenters. The van der Waals surface area contributed by atoms with E-state index in [9.17, 15) is 19.2 Å². The number of carbonyl (C=O) groups is 4. The number of hydrogen-bond donors (Lipinski definition) is 1. The summed E-state index contributed by atoms with van der Waals surface area (Å²) in [6.07, 6.45) is 8.04. The Morgan fingerprint density at radius 2 is 0.667 bits per heavy atom. The maximum absolute atomic E-state index is 11.7. The van der Waals surface area contributed by atoms with E-state index in [0.717, 1.165) is 12.8 Å². The maximum atomic E-state index is 11.7. The first-order chi connectivity index (χ1) is 23.5. The Balaban J connectivity index is 3.17. The molecule has 0 radical (unpaired) electrons. The van der Waals surface area contributed by atoms with Gasteiger partial charge in [0.1, 0.15) is 13.2 Å². The van der Waals surface area contributed by atoms with Gasteiger partial charge in [0.15, 0.2) is 0 Å². The molecule has 0 aromatic carbocycles. The first-order valence-electron chi connectivity index (χ1n) is 17.2. The third kappa shape index (κ3) is 36.6. The lowest BCUT2D eigenvalue weighted by Gasteiger charge is -2.09. The second-order valence-electron chi connectivity index (χ2n) is 10.4. The topological polar surface area (TPSA) is 181 Å². The molecule has 15 nitrogen and oxygen atoms in total. The molecule has 48 heavy (non-hydrogen) atoms. The molecule has 15 heteroatoms. The van der Waals surface area contributed by atoms with Gasteiger partial charge >= 0.3 is 17.9 Å². The van der Waals surface area contributed by atoms with Gasteiger partial charge in [0.05, 0.1) is 112 Å². The van der Waals surface area contributed by atoms with Crippen molar-refractivity contribution in [3.63, 3.8) is 0 Å². The van der Waals surface area contributed by atoms with Crippen LogP contribution in [0.3, 0.4) is 0 Å². The van der Waals surface area contributed by atoms with Crippen LogP contribution >= 0.6 is 0 Å². The molecule has 282 valence electrons. The number of carboxylic acids is 1. The summed E-state index contributed by atoms with van der Waals surface area (Å²) >= 11 is 0. The van der Waals surface area contributed by atoms with E-state index in [1.54, 1.807) is 0 Å². The number of ketones is 1. The molecule has 0 saturated heterocycles. The smallest absolute Gasteiger partial charge is 0.372 e. The number of esters is 2. The van der Waals surface area contributed by atoms with Crippen molar-refractivity contribution in [2.75, 3.05) is 119 Å². The maximum Gasteiger partial charge on any atom is 0.372 e. The van der Waals surface area contributed by atoms with Crippen LogP contribution in [0.25, 0.3) is 0 Å². The fourth-order valence-corrected chi connectivity index (χ4v) is 3.76. The van der Waals surface area contributed by atoms with Crippen molar-refractivity contribution in [2.45, 2.75) is 71.1 Å². The Morgan fingerprint density at radius 3 is 1.00 bits per heavy atom. The first-order valence-corrected chi connectivity index (χ1v) is 17.2. The zero-order chi connectivity index (χ0) is 35.2. The van der Waals surface area contributed by atoms with Crippen LogP contribution in [0.4, 0.5) is 0 Å². The van der Waals surface area contributed by atoms with Crippen LogP contribution in [0.15, 0.2) is 0 Å². The molecule has 0 amide bonds. The number of unbranched alkanes of at least 4 members (excludes halogenated alkanes) is 6. The minimum Gasteiger partial charge on any atom is -0.476 e. The Kier molecular flexibility index (Phi) is 35.8. The molecule has 0 heterocycles. The molecule has 0 aliphatic heterocycles. The molecule has 0 aromatic rings. The molecule has 0 aliphatic rings. The van der Waals surface area contributed by atoms with Crippen LogP contribution in [0.2, 0.25) is 0 Å². The average molecular weight is 697 g/mol.